The van der Waals surface area contributed by atoms with E-state index in [1.54, 1.807) is 37.3 Å². The molecule has 0 fully saturated rings. The maximum atomic E-state index is 12.6. The summed E-state index contributed by atoms with van der Waals surface area (Å²) in [5.74, 6) is -3.33. The molecule has 0 saturated heterocycles. The van der Waals surface area contributed by atoms with Crippen LogP contribution in [0.1, 0.15) is 64.5 Å². The van der Waals surface area contributed by atoms with Gasteiger partial charge >= 0.3 is 0 Å². The zero-order valence-corrected chi connectivity index (χ0v) is 19.9. The summed E-state index contributed by atoms with van der Waals surface area (Å²) >= 11 is 0. The second kappa shape index (κ2) is 14.8. The van der Waals surface area contributed by atoms with E-state index in [1.165, 1.54) is 7.05 Å². The molecule has 4 N–H and O–H groups in total. The van der Waals surface area contributed by atoms with Crippen LogP contribution in [0.5, 0.6) is 0 Å². The Morgan fingerprint density at radius 1 is 0.879 bits per heavy atom. The van der Waals surface area contributed by atoms with Gasteiger partial charge in [0.1, 0.15) is 6.04 Å². The van der Waals surface area contributed by atoms with Gasteiger partial charge in [-0.1, -0.05) is 70.4 Å². The number of rotatable bonds is 14. The summed E-state index contributed by atoms with van der Waals surface area (Å²) in [6.45, 7) is 5.19. The van der Waals surface area contributed by atoms with Crippen LogP contribution in [0.4, 0.5) is 0 Å². The summed E-state index contributed by atoms with van der Waals surface area (Å²) < 4.78 is 0. The molecule has 0 aliphatic rings. The number of carbonyl (C=O) groups excluding carboxylic acids is 5. The fraction of sp³-hybridized carbons (Fsp3) is 0.542. The number of unbranched alkanes of at least 4 members (excludes halogenated alkanes) is 1. The van der Waals surface area contributed by atoms with Crippen LogP contribution >= 0.6 is 0 Å². The van der Waals surface area contributed by atoms with Crippen LogP contribution < -0.4 is 21.3 Å². The lowest BCUT2D eigenvalue weighted by Gasteiger charge is -2.20. The van der Waals surface area contributed by atoms with Crippen molar-refractivity contribution in [2.75, 3.05) is 13.6 Å². The van der Waals surface area contributed by atoms with Crippen molar-refractivity contribution in [2.24, 2.45) is 5.92 Å². The Balaban J connectivity index is 2.69. The molecule has 0 bridgehead atoms. The van der Waals surface area contributed by atoms with Gasteiger partial charge in [-0.05, 0) is 18.4 Å². The predicted molar refractivity (Wildman–Crippen MR) is 125 cm³/mol. The number of ketones is 1. The van der Waals surface area contributed by atoms with Crippen LogP contribution in [-0.2, 0) is 24.0 Å². The van der Waals surface area contributed by atoms with Crippen molar-refractivity contribution < 1.29 is 24.0 Å². The molecule has 9 nitrogen and oxygen atoms in total. The highest BCUT2D eigenvalue weighted by Gasteiger charge is 2.28. The molecule has 0 heterocycles. The molecule has 9 heteroatoms. The first kappa shape index (κ1) is 27.8. The molecule has 0 aromatic heterocycles. The summed E-state index contributed by atoms with van der Waals surface area (Å²) in [7, 11) is 1.45. The maximum absolute atomic E-state index is 12.6. The third-order valence-corrected chi connectivity index (χ3v) is 5.23. The minimum atomic E-state index is -0.957. The normalized spacial score (nSPS) is 13.2. The van der Waals surface area contributed by atoms with Crippen molar-refractivity contribution in [3.05, 3.63) is 35.9 Å². The van der Waals surface area contributed by atoms with E-state index in [-0.39, 0.29) is 11.8 Å². The Labute approximate surface area is 195 Å². The molecule has 182 valence electrons. The smallest absolute Gasteiger partial charge is 0.290 e. The minimum Gasteiger partial charge on any atom is -0.357 e. The number of nitrogens with one attached hydrogen (secondary N) is 4. The number of Topliss-reactive ketones (excluding diaryl/α,β-unsaturated/α-hetero) is 1. The van der Waals surface area contributed by atoms with Gasteiger partial charge in [0, 0.05) is 13.0 Å². The van der Waals surface area contributed by atoms with Gasteiger partial charge in [-0.25, -0.2) is 0 Å². The zero-order valence-electron chi connectivity index (χ0n) is 19.9. The van der Waals surface area contributed by atoms with E-state index >= 15 is 0 Å². The average Bonchev–Trinajstić information content (AvgIpc) is 2.83. The van der Waals surface area contributed by atoms with Crippen LogP contribution in [0.15, 0.2) is 30.3 Å². The highest BCUT2D eigenvalue weighted by molar-refractivity contribution is 6.38. The molecule has 1 aromatic rings. The molecule has 0 spiro atoms. The van der Waals surface area contributed by atoms with Crippen molar-refractivity contribution in [3.63, 3.8) is 0 Å². The van der Waals surface area contributed by atoms with Gasteiger partial charge in [0.05, 0.1) is 12.6 Å². The Morgan fingerprint density at radius 2 is 1.55 bits per heavy atom. The molecular weight excluding hydrogens is 424 g/mol. The minimum absolute atomic E-state index is 0.259. The van der Waals surface area contributed by atoms with E-state index in [2.05, 4.69) is 21.3 Å². The molecule has 0 saturated carbocycles. The SMILES string of the molecule is CCCC[C@H](C)C(=O)NC(CCC)C(=O)C(=O)NCC(=O)NC(C(=O)NC)c1ccccc1. The van der Waals surface area contributed by atoms with E-state index < -0.39 is 42.1 Å². The van der Waals surface area contributed by atoms with Crippen molar-refractivity contribution >= 4 is 29.4 Å². The highest BCUT2D eigenvalue weighted by Crippen LogP contribution is 2.12. The second-order valence-electron chi connectivity index (χ2n) is 7.97. The van der Waals surface area contributed by atoms with Crippen LogP contribution in [-0.4, -0.2) is 49.0 Å². The van der Waals surface area contributed by atoms with Gasteiger partial charge in [0.15, 0.2) is 0 Å². The largest absolute Gasteiger partial charge is 0.357 e. The van der Waals surface area contributed by atoms with Gasteiger partial charge in [0.25, 0.3) is 5.91 Å². The van der Waals surface area contributed by atoms with E-state index in [0.29, 0.717) is 24.8 Å². The first-order valence-corrected chi connectivity index (χ1v) is 11.4. The number of benzene rings is 1. The summed E-state index contributed by atoms with van der Waals surface area (Å²) in [6, 6.07) is 6.77. The van der Waals surface area contributed by atoms with Gasteiger partial charge in [0.2, 0.25) is 23.5 Å². The Morgan fingerprint density at radius 3 is 2.12 bits per heavy atom. The monoisotopic (exact) mass is 460 g/mol. The van der Waals surface area contributed by atoms with Gasteiger partial charge < -0.3 is 21.3 Å². The molecule has 1 aromatic carbocycles. The van der Waals surface area contributed by atoms with Crippen molar-refractivity contribution in [3.8, 4) is 0 Å². The topological polar surface area (TPSA) is 133 Å². The second-order valence-corrected chi connectivity index (χ2v) is 7.97. The van der Waals surface area contributed by atoms with Crippen molar-refractivity contribution in [1.82, 2.24) is 21.3 Å². The summed E-state index contributed by atoms with van der Waals surface area (Å²) in [4.78, 5) is 61.9. The lowest BCUT2D eigenvalue weighted by molar-refractivity contribution is -0.141. The van der Waals surface area contributed by atoms with Crippen LogP contribution in [0, 0.1) is 5.92 Å². The third kappa shape index (κ3) is 9.43. The van der Waals surface area contributed by atoms with E-state index in [1.807, 2.05) is 13.8 Å². The molecule has 0 radical (unpaired) electrons. The van der Waals surface area contributed by atoms with Gasteiger partial charge in [-0.2, -0.15) is 0 Å². The molecular formula is C24H36N4O5. The molecule has 3 atom stereocenters. The summed E-state index contributed by atoms with van der Waals surface area (Å²) in [5.41, 5.74) is 0.579. The van der Waals surface area contributed by atoms with Crippen LogP contribution in [0.2, 0.25) is 0 Å². The van der Waals surface area contributed by atoms with Gasteiger partial charge in [-0.15, -0.1) is 0 Å². The summed E-state index contributed by atoms with van der Waals surface area (Å²) in [6.07, 6.45) is 3.48. The lowest BCUT2D eigenvalue weighted by Crippen LogP contribution is -2.50. The molecule has 2 unspecified atom stereocenters. The van der Waals surface area contributed by atoms with Crippen LogP contribution in [0.3, 0.4) is 0 Å². The number of hydrogen-bond acceptors (Lipinski definition) is 5. The van der Waals surface area contributed by atoms with Crippen molar-refractivity contribution in [1.29, 1.82) is 0 Å². The number of hydrogen-bond donors (Lipinski definition) is 4. The Kier molecular flexibility index (Phi) is 12.4. The van der Waals surface area contributed by atoms with Crippen LogP contribution in [0.25, 0.3) is 0 Å². The quantitative estimate of drug-likeness (QED) is 0.311. The third-order valence-electron chi connectivity index (χ3n) is 5.23. The first-order valence-electron chi connectivity index (χ1n) is 11.4. The fourth-order valence-corrected chi connectivity index (χ4v) is 3.22. The molecule has 0 aliphatic carbocycles. The summed E-state index contributed by atoms with van der Waals surface area (Å²) in [5, 5.41) is 9.99. The number of carbonyl (C=O) groups is 5. The zero-order chi connectivity index (χ0) is 24.8. The maximum Gasteiger partial charge on any atom is 0.290 e. The first-order chi connectivity index (χ1) is 15.7. The number of amides is 4. The number of likely N-dealkylation sites (N-methyl/N-ethyl adjacent to an activating group) is 1. The predicted octanol–water partition coefficient (Wildman–Crippen LogP) is 1.39. The highest BCUT2D eigenvalue weighted by atomic mass is 16.2. The average molecular weight is 461 g/mol. The van der Waals surface area contributed by atoms with E-state index in [4.69, 9.17) is 0 Å². The van der Waals surface area contributed by atoms with Crippen molar-refractivity contribution in [2.45, 2.75) is 65.0 Å². The Bertz CT molecular complexity index is 812. The van der Waals surface area contributed by atoms with E-state index in [9.17, 15) is 24.0 Å². The molecule has 4 amide bonds. The van der Waals surface area contributed by atoms with Gasteiger partial charge in [-0.3, -0.25) is 24.0 Å². The molecule has 33 heavy (non-hydrogen) atoms. The Hall–Kier alpha value is -3.23. The fourth-order valence-electron chi connectivity index (χ4n) is 3.22. The molecule has 1 rings (SSSR count). The van der Waals surface area contributed by atoms with E-state index in [0.717, 1.165) is 12.8 Å². The standard InChI is InChI=1S/C24H36N4O5/c1-5-7-12-16(3)22(31)27-18(11-6-2)21(30)24(33)26-15-19(29)28-20(23(32)25-4)17-13-9-8-10-14-17/h8-10,13-14,16,18,20H,5-7,11-12,15H2,1-4H3,(H,25,32)(H,26,33)(H,27,31)(H,28,29)/t16-,18?,20?/m0/s1. The molecule has 0 aliphatic heterocycles. The lowest BCUT2D eigenvalue weighted by atomic mass is 10.0.